The van der Waals surface area contributed by atoms with E-state index in [-0.39, 0.29) is 12.5 Å². The molecule has 1 aromatic carbocycles. The molecule has 0 spiro atoms. The van der Waals surface area contributed by atoms with Crippen molar-refractivity contribution in [3.8, 4) is 0 Å². The van der Waals surface area contributed by atoms with Crippen molar-refractivity contribution in [3.05, 3.63) is 45.6 Å². The maximum atomic E-state index is 12.1. The molecule has 27 heavy (non-hydrogen) atoms. The zero-order valence-corrected chi connectivity index (χ0v) is 16.2. The molecule has 0 aliphatic carbocycles. The average molecular weight is 386 g/mol. The Kier molecular flexibility index (Phi) is 5.91. The van der Waals surface area contributed by atoms with Gasteiger partial charge in [0.15, 0.2) is 6.61 Å². The average Bonchev–Trinajstić information content (AvgIpc) is 3.25. The summed E-state index contributed by atoms with van der Waals surface area (Å²) < 4.78 is 5.10. The van der Waals surface area contributed by atoms with Crippen LogP contribution < -0.4 is 10.2 Å². The number of aryl methyl sites for hydroxylation is 2. The Bertz CT molecular complexity index is 857. The van der Waals surface area contributed by atoms with Gasteiger partial charge >= 0.3 is 5.97 Å². The molecular formula is C20H22N2O4S. The van der Waals surface area contributed by atoms with Gasteiger partial charge in [-0.25, -0.2) is 4.79 Å². The lowest BCUT2D eigenvalue weighted by atomic mass is 10.2. The third-order valence-corrected chi connectivity index (χ3v) is 5.55. The molecule has 2 aromatic rings. The van der Waals surface area contributed by atoms with Gasteiger partial charge in [-0.15, -0.1) is 11.3 Å². The molecule has 1 saturated heterocycles. The summed E-state index contributed by atoms with van der Waals surface area (Å²) in [5, 5.41) is 2.69. The Morgan fingerprint density at radius 1 is 1.26 bits per heavy atom. The van der Waals surface area contributed by atoms with Crippen molar-refractivity contribution in [3.63, 3.8) is 0 Å². The van der Waals surface area contributed by atoms with E-state index in [1.807, 2.05) is 19.9 Å². The van der Waals surface area contributed by atoms with Crippen LogP contribution in [0.3, 0.4) is 0 Å². The maximum absolute atomic E-state index is 12.1. The van der Waals surface area contributed by atoms with Crippen molar-refractivity contribution >= 4 is 40.5 Å². The standard InChI is InChI=1S/C20H22N2O4S/c1-3-14-11-17(27-13(14)2)20(25)26-12-18(23)21-15-6-8-16(9-7-15)22-10-4-5-19(22)24/h6-9,11H,3-5,10,12H2,1-2H3,(H,21,23). The summed E-state index contributed by atoms with van der Waals surface area (Å²) in [5.74, 6) is -0.771. The zero-order chi connectivity index (χ0) is 19.4. The number of nitrogens with zero attached hydrogens (tertiary/aromatic N) is 1. The van der Waals surface area contributed by atoms with Crippen molar-refractivity contribution in [2.45, 2.75) is 33.1 Å². The van der Waals surface area contributed by atoms with E-state index in [9.17, 15) is 14.4 Å². The second-order valence-electron chi connectivity index (χ2n) is 6.37. The van der Waals surface area contributed by atoms with E-state index in [0.717, 1.165) is 35.5 Å². The fraction of sp³-hybridized carbons (Fsp3) is 0.350. The maximum Gasteiger partial charge on any atom is 0.348 e. The molecule has 142 valence electrons. The second kappa shape index (κ2) is 8.35. The lowest BCUT2D eigenvalue weighted by Crippen LogP contribution is -2.23. The van der Waals surface area contributed by atoms with Gasteiger partial charge in [-0.1, -0.05) is 6.92 Å². The van der Waals surface area contributed by atoms with Crippen LogP contribution >= 0.6 is 11.3 Å². The summed E-state index contributed by atoms with van der Waals surface area (Å²) in [7, 11) is 0. The minimum Gasteiger partial charge on any atom is -0.451 e. The lowest BCUT2D eigenvalue weighted by Gasteiger charge is -2.16. The topological polar surface area (TPSA) is 75.7 Å². The number of ether oxygens (including phenoxy) is 1. The predicted octanol–water partition coefficient (Wildman–Crippen LogP) is 3.54. The highest BCUT2D eigenvalue weighted by Gasteiger charge is 2.21. The predicted molar refractivity (Wildman–Crippen MR) is 105 cm³/mol. The van der Waals surface area contributed by atoms with E-state index < -0.39 is 11.9 Å². The van der Waals surface area contributed by atoms with E-state index in [0.29, 0.717) is 17.0 Å². The Balaban J connectivity index is 1.51. The summed E-state index contributed by atoms with van der Waals surface area (Å²) in [5.41, 5.74) is 2.53. The Labute approximate surface area is 162 Å². The molecule has 2 heterocycles. The van der Waals surface area contributed by atoms with Crippen molar-refractivity contribution in [2.24, 2.45) is 0 Å². The number of esters is 1. The fourth-order valence-electron chi connectivity index (χ4n) is 3.02. The van der Waals surface area contributed by atoms with E-state index in [1.54, 1.807) is 29.2 Å². The summed E-state index contributed by atoms with van der Waals surface area (Å²) >= 11 is 1.38. The molecule has 0 unspecified atom stereocenters. The number of hydrogen-bond acceptors (Lipinski definition) is 5. The first-order valence-electron chi connectivity index (χ1n) is 8.94. The molecule has 0 saturated carbocycles. The summed E-state index contributed by atoms with van der Waals surface area (Å²) in [6, 6.07) is 8.88. The van der Waals surface area contributed by atoms with E-state index in [1.165, 1.54) is 11.3 Å². The van der Waals surface area contributed by atoms with Crippen LogP contribution in [0.4, 0.5) is 11.4 Å². The summed E-state index contributed by atoms with van der Waals surface area (Å²) in [4.78, 5) is 39.2. The first kappa shape index (κ1) is 19.1. The summed E-state index contributed by atoms with van der Waals surface area (Å²) in [6.07, 6.45) is 2.30. The number of nitrogens with one attached hydrogen (secondary N) is 1. The Morgan fingerprint density at radius 2 is 2.00 bits per heavy atom. The van der Waals surface area contributed by atoms with Crippen LogP contribution in [-0.2, 0) is 20.7 Å². The van der Waals surface area contributed by atoms with Gasteiger partial charge in [0.2, 0.25) is 5.91 Å². The third-order valence-electron chi connectivity index (χ3n) is 4.47. The van der Waals surface area contributed by atoms with Crippen LogP contribution in [-0.4, -0.2) is 30.9 Å². The molecule has 3 rings (SSSR count). The van der Waals surface area contributed by atoms with Gasteiger partial charge in [0.05, 0.1) is 0 Å². The Morgan fingerprint density at radius 3 is 2.59 bits per heavy atom. The molecule has 1 aliphatic rings. The number of rotatable bonds is 6. The zero-order valence-electron chi connectivity index (χ0n) is 15.4. The molecule has 1 aromatic heterocycles. The van der Waals surface area contributed by atoms with Gasteiger partial charge in [0, 0.05) is 29.2 Å². The fourth-order valence-corrected chi connectivity index (χ4v) is 4.02. The van der Waals surface area contributed by atoms with Crippen LogP contribution in [0.5, 0.6) is 0 Å². The largest absolute Gasteiger partial charge is 0.451 e. The number of hydrogen-bond donors (Lipinski definition) is 1. The van der Waals surface area contributed by atoms with Gasteiger partial charge in [0.25, 0.3) is 5.91 Å². The minimum absolute atomic E-state index is 0.119. The van der Waals surface area contributed by atoms with Crippen LogP contribution in [0, 0.1) is 6.92 Å². The number of carbonyl (C=O) groups is 3. The smallest absolute Gasteiger partial charge is 0.348 e. The highest BCUT2D eigenvalue weighted by molar-refractivity contribution is 7.14. The van der Waals surface area contributed by atoms with E-state index in [4.69, 9.17) is 4.74 Å². The molecule has 7 heteroatoms. The van der Waals surface area contributed by atoms with E-state index in [2.05, 4.69) is 5.32 Å². The number of carbonyl (C=O) groups excluding carboxylic acids is 3. The lowest BCUT2D eigenvalue weighted by molar-refractivity contribution is -0.119. The van der Waals surface area contributed by atoms with Crippen LogP contribution in [0.2, 0.25) is 0 Å². The van der Waals surface area contributed by atoms with Crippen LogP contribution in [0.25, 0.3) is 0 Å². The highest BCUT2D eigenvalue weighted by atomic mass is 32.1. The molecule has 0 bridgehead atoms. The highest BCUT2D eigenvalue weighted by Crippen LogP contribution is 2.24. The van der Waals surface area contributed by atoms with Gasteiger partial charge in [0.1, 0.15) is 4.88 Å². The molecule has 6 nitrogen and oxygen atoms in total. The van der Waals surface area contributed by atoms with E-state index >= 15 is 0 Å². The monoisotopic (exact) mass is 386 g/mol. The van der Waals surface area contributed by atoms with Gasteiger partial charge in [-0.2, -0.15) is 0 Å². The van der Waals surface area contributed by atoms with Crippen LogP contribution in [0.15, 0.2) is 30.3 Å². The number of benzene rings is 1. The van der Waals surface area contributed by atoms with Crippen molar-refractivity contribution in [1.82, 2.24) is 0 Å². The molecule has 2 amide bonds. The van der Waals surface area contributed by atoms with Crippen molar-refractivity contribution in [2.75, 3.05) is 23.4 Å². The van der Waals surface area contributed by atoms with Gasteiger partial charge < -0.3 is 15.0 Å². The molecule has 1 aliphatic heterocycles. The molecule has 1 N–H and O–H groups in total. The molecular weight excluding hydrogens is 364 g/mol. The van der Waals surface area contributed by atoms with Gasteiger partial charge in [-0.3, -0.25) is 9.59 Å². The quantitative estimate of drug-likeness (QED) is 0.771. The number of anilines is 2. The SMILES string of the molecule is CCc1cc(C(=O)OCC(=O)Nc2ccc(N3CCCC3=O)cc2)sc1C. The van der Waals surface area contributed by atoms with Crippen LogP contribution in [0.1, 0.15) is 39.9 Å². The summed E-state index contributed by atoms with van der Waals surface area (Å²) in [6.45, 7) is 4.38. The third kappa shape index (κ3) is 4.54. The Hall–Kier alpha value is -2.67. The molecule has 0 radical (unpaired) electrons. The molecule has 0 atom stereocenters. The first-order valence-corrected chi connectivity index (χ1v) is 9.76. The number of thiophene rings is 1. The normalized spacial score (nSPS) is 13.7. The first-order chi connectivity index (χ1) is 13.0. The second-order valence-corrected chi connectivity index (χ2v) is 7.62. The number of amides is 2. The van der Waals surface area contributed by atoms with Crippen molar-refractivity contribution in [1.29, 1.82) is 0 Å². The van der Waals surface area contributed by atoms with Gasteiger partial charge in [-0.05, 0) is 55.7 Å². The van der Waals surface area contributed by atoms with Crippen molar-refractivity contribution < 1.29 is 19.1 Å². The minimum atomic E-state index is -0.485. The molecule has 1 fully saturated rings.